The van der Waals surface area contributed by atoms with Gasteiger partial charge < -0.3 is 9.67 Å². The molecule has 0 spiro atoms. The van der Waals surface area contributed by atoms with Gasteiger partial charge in [0.2, 0.25) is 10.0 Å². The van der Waals surface area contributed by atoms with Gasteiger partial charge in [-0.2, -0.15) is 0 Å². The number of hydrogen-bond donors (Lipinski definition) is 2. The predicted molar refractivity (Wildman–Crippen MR) is 165 cm³/mol. The highest BCUT2D eigenvalue weighted by molar-refractivity contribution is 7.89. The summed E-state index contributed by atoms with van der Waals surface area (Å²) in [6.07, 6.45) is 7.01. The SMILES string of the molecule is CCc1sc(-c2cc(-c3cccc(C#CC4CCC4)c3)n(Cc3ccc(S(N)(=O)=O)c(F)c3)c2CC2CC2)nc1C(=O)O. The van der Waals surface area contributed by atoms with Gasteiger partial charge >= 0.3 is 5.97 Å². The van der Waals surface area contributed by atoms with Crippen LogP contribution in [0.15, 0.2) is 53.4 Å². The minimum atomic E-state index is -4.20. The quantitative estimate of drug-likeness (QED) is 0.209. The Balaban J connectivity index is 1.51. The van der Waals surface area contributed by atoms with Crippen LogP contribution in [0.2, 0.25) is 0 Å². The maximum Gasteiger partial charge on any atom is 0.355 e. The van der Waals surface area contributed by atoms with Crippen LogP contribution in [0.1, 0.15) is 71.2 Å². The normalized spacial score (nSPS) is 15.1. The average molecular weight is 618 g/mol. The van der Waals surface area contributed by atoms with E-state index in [9.17, 15) is 22.7 Å². The fraction of sp³-hybridized carbons (Fsp3) is 0.333. The number of aryl methyl sites for hydroxylation is 1. The molecule has 222 valence electrons. The lowest BCUT2D eigenvalue weighted by atomic mass is 9.86. The van der Waals surface area contributed by atoms with E-state index in [0.717, 1.165) is 60.2 Å². The number of carbonyl (C=O) groups is 1. The summed E-state index contributed by atoms with van der Waals surface area (Å²) in [5, 5.41) is 15.6. The second-order valence-corrected chi connectivity index (χ2v) is 14.0. The Morgan fingerprint density at radius 1 is 1.16 bits per heavy atom. The number of nitrogens with two attached hydrogens (primary N) is 1. The Bertz CT molecular complexity index is 1890. The summed E-state index contributed by atoms with van der Waals surface area (Å²) in [5.74, 6) is 5.69. The molecule has 2 aromatic heterocycles. The minimum Gasteiger partial charge on any atom is -0.476 e. The van der Waals surface area contributed by atoms with Gasteiger partial charge in [0.15, 0.2) is 5.69 Å². The largest absolute Gasteiger partial charge is 0.476 e. The number of hydrogen-bond acceptors (Lipinski definition) is 5. The first-order valence-electron chi connectivity index (χ1n) is 14.5. The first kappa shape index (κ1) is 29.3. The fourth-order valence-corrected chi connectivity index (χ4v) is 7.05. The van der Waals surface area contributed by atoms with Crippen molar-refractivity contribution in [1.82, 2.24) is 9.55 Å². The van der Waals surface area contributed by atoms with E-state index in [0.29, 0.717) is 33.7 Å². The molecule has 0 saturated heterocycles. The summed E-state index contributed by atoms with van der Waals surface area (Å²) >= 11 is 1.39. The molecule has 7 nitrogen and oxygen atoms in total. The minimum absolute atomic E-state index is 0.0723. The summed E-state index contributed by atoms with van der Waals surface area (Å²) in [7, 11) is -4.20. The van der Waals surface area contributed by atoms with Gasteiger partial charge in [0.05, 0.1) is 0 Å². The van der Waals surface area contributed by atoms with Crippen LogP contribution < -0.4 is 5.14 Å². The Kier molecular flexibility index (Phi) is 7.98. The molecule has 0 radical (unpaired) electrons. The zero-order valence-electron chi connectivity index (χ0n) is 23.8. The van der Waals surface area contributed by atoms with Crippen LogP contribution in [0.4, 0.5) is 4.39 Å². The topological polar surface area (TPSA) is 115 Å². The van der Waals surface area contributed by atoms with Crippen molar-refractivity contribution < 1.29 is 22.7 Å². The number of rotatable bonds is 9. The third-order valence-corrected chi connectivity index (χ3v) is 10.3. The Labute approximate surface area is 254 Å². The van der Waals surface area contributed by atoms with E-state index in [2.05, 4.69) is 33.5 Å². The molecule has 2 aliphatic rings. The van der Waals surface area contributed by atoms with Crippen molar-refractivity contribution >= 4 is 27.3 Å². The van der Waals surface area contributed by atoms with Crippen molar-refractivity contribution in [3.05, 3.63) is 81.7 Å². The number of carboxylic acid groups (broad SMARTS) is 1. The van der Waals surface area contributed by atoms with Gasteiger partial charge in [0, 0.05) is 39.9 Å². The van der Waals surface area contributed by atoms with Crippen molar-refractivity contribution in [3.63, 3.8) is 0 Å². The summed E-state index contributed by atoms with van der Waals surface area (Å²) in [5.41, 5.74) is 5.21. The van der Waals surface area contributed by atoms with Gasteiger partial charge in [-0.3, -0.25) is 0 Å². The molecule has 2 saturated carbocycles. The predicted octanol–water partition coefficient (Wildman–Crippen LogP) is 6.48. The first-order chi connectivity index (χ1) is 20.6. The zero-order chi connectivity index (χ0) is 30.3. The number of aromatic nitrogens is 2. The molecule has 0 amide bonds. The number of carboxylic acids is 1. The van der Waals surface area contributed by atoms with E-state index < -0.39 is 26.7 Å². The van der Waals surface area contributed by atoms with Crippen molar-refractivity contribution in [2.75, 3.05) is 0 Å². The molecule has 2 heterocycles. The van der Waals surface area contributed by atoms with Crippen LogP contribution in [-0.2, 0) is 29.4 Å². The molecule has 4 aromatic rings. The van der Waals surface area contributed by atoms with Gasteiger partial charge in [0.25, 0.3) is 0 Å². The van der Waals surface area contributed by atoms with E-state index >= 15 is 0 Å². The standard InChI is InChI=1S/C33H32FN3O4S2/c1-2-29-31(33(38)39)36-32(42-29)25-18-27(24-8-4-7-21(15-24)10-9-20-5-3-6-20)37(28(25)17-22-11-12-22)19-23-13-14-30(26(34)16-23)43(35,40)41/h4,7-8,13-16,18,20,22H,2-3,5-6,11-12,17,19H2,1H3,(H,38,39)(H2,35,40,41). The first-order valence-corrected chi connectivity index (χ1v) is 16.9. The van der Waals surface area contributed by atoms with Crippen molar-refractivity contribution in [2.45, 2.75) is 63.3 Å². The van der Waals surface area contributed by atoms with Crippen molar-refractivity contribution in [1.29, 1.82) is 0 Å². The smallest absolute Gasteiger partial charge is 0.355 e. The van der Waals surface area contributed by atoms with Gasteiger partial charge in [0.1, 0.15) is 15.7 Å². The van der Waals surface area contributed by atoms with Gasteiger partial charge in [-0.15, -0.1) is 11.3 Å². The zero-order valence-corrected chi connectivity index (χ0v) is 25.4. The highest BCUT2D eigenvalue weighted by Gasteiger charge is 2.29. The number of halogens is 1. The summed E-state index contributed by atoms with van der Waals surface area (Å²) in [4.78, 5) is 16.7. The van der Waals surface area contributed by atoms with Crippen LogP contribution in [0.25, 0.3) is 21.8 Å². The molecule has 0 aliphatic heterocycles. The van der Waals surface area contributed by atoms with Crippen LogP contribution >= 0.6 is 11.3 Å². The number of benzene rings is 2. The Hall–Kier alpha value is -3.78. The molecule has 2 fully saturated rings. The van der Waals surface area contributed by atoms with E-state index in [1.54, 1.807) is 6.07 Å². The number of aromatic carboxylic acids is 1. The lowest BCUT2D eigenvalue weighted by molar-refractivity contribution is 0.0690. The van der Waals surface area contributed by atoms with E-state index in [4.69, 9.17) is 5.14 Å². The van der Waals surface area contributed by atoms with E-state index in [-0.39, 0.29) is 12.2 Å². The van der Waals surface area contributed by atoms with E-state index in [1.807, 2.05) is 25.1 Å². The van der Waals surface area contributed by atoms with Crippen LogP contribution in [0.5, 0.6) is 0 Å². The molecule has 2 aromatic carbocycles. The van der Waals surface area contributed by atoms with Crippen LogP contribution in [-0.4, -0.2) is 29.0 Å². The van der Waals surface area contributed by atoms with Crippen LogP contribution in [0, 0.1) is 29.5 Å². The summed E-state index contributed by atoms with van der Waals surface area (Å²) in [6, 6.07) is 14.1. The van der Waals surface area contributed by atoms with Crippen LogP contribution in [0.3, 0.4) is 0 Å². The summed E-state index contributed by atoms with van der Waals surface area (Å²) in [6.45, 7) is 2.19. The summed E-state index contributed by atoms with van der Waals surface area (Å²) < 4.78 is 40.7. The van der Waals surface area contributed by atoms with Gasteiger partial charge in [-0.05, 0) is 85.9 Å². The highest BCUT2D eigenvalue weighted by atomic mass is 32.2. The van der Waals surface area contributed by atoms with E-state index in [1.165, 1.54) is 29.9 Å². The lowest BCUT2D eigenvalue weighted by Crippen LogP contribution is -2.14. The van der Waals surface area contributed by atoms with Crippen molar-refractivity contribution in [3.8, 4) is 33.7 Å². The second kappa shape index (κ2) is 11.7. The molecule has 0 bridgehead atoms. The Morgan fingerprint density at radius 2 is 1.95 bits per heavy atom. The lowest BCUT2D eigenvalue weighted by Gasteiger charge is -2.18. The molecule has 10 heteroatoms. The van der Waals surface area contributed by atoms with Gasteiger partial charge in [-0.1, -0.05) is 43.4 Å². The Morgan fingerprint density at radius 3 is 2.56 bits per heavy atom. The number of thiazole rings is 1. The number of sulfonamides is 1. The average Bonchev–Trinajstić information content (AvgIpc) is 3.54. The molecule has 2 aliphatic carbocycles. The third kappa shape index (κ3) is 6.30. The monoisotopic (exact) mass is 617 g/mol. The van der Waals surface area contributed by atoms with Crippen molar-refractivity contribution in [2.24, 2.45) is 17.0 Å². The maximum atomic E-state index is 14.9. The maximum absolute atomic E-state index is 14.9. The second-order valence-electron chi connectivity index (χ2n) is 11.4. The third-order valence-electron chi connectivity index (χ3n) is 8.17. The molecule has 43 heavy (non-hydrogen) atoms. The molecule has 0 unspecified atom stereocenters. The van der Waals surface area contributed by atoms with Gasteiger partial charge in [-0.25, -0.2) is 27.7 Å². The molecule has 0 atom stereocenters. The molecular formula is C33H32FN3O4S2. The number of primary sulfonamides is 1. The molecule has 3 N–H and O–H groups in total. The highest BCUT2D eigenvalue weighted by Crippen LogP contribution is 2.42. The fourth-order valence-electron chi connectivity index (χ4n) is 5.43. The molecular weight excluding hydrogens is 586 g/mol. The molecule has 6 rings (SSSR count). The number of nitrogens with zero attached hydrogens (tertiary/aromatic N) is 2.